The first-order chi connectivity index (χ1) is 30.0. The molecule has 9 aromatic carbocycles. The molecule has 3 nitrogen and oxygen atoms in total. The number of thiophene rings is 1. The minimum absolute atomic E-state index is 0.195. The van der Waals surface area contributed by atoms with Gasteiger partial charge in [0.1, 0.15) is 22.3 Å². The maximum atomic E-state index is 6.57. The lowest BCUT2D eigenvalue weighted by Gasteiger charge is -2.23. The second-order valence-electron chi connectivity index (χ2n) is 17.2. The third kappa shape index (κ3) is 4.47. The Morgan fingerprint density at radius 2 is 0.984 bits per heavy atom. The van der Waals surface area contributed by atoms with Crippen molar-refractivity contribution in [3.8, 4) is 39.1 Å². The van der Waals surface area contributed by atoms with Gasteiger partial charge in [-0.15, -0.1) is 11.3 Å². The predicted octanol–water partition coefficient (Wildman–Crippen LogP) is 16.6. The molecule has 0 bridgehead atoms. The number of furan rings is 2. The van der Waals surface area contributed by atoms with Gasteiger partial charge >= 0.3 is 0 Å². The summed E-state index contributed by atoms with van der Waals surface area (Å²) in [5.74, 6) is 0. The monoisotopic (exact) mass is 797 g/mol. The summed E-state index contributed by atoms with van der Waals surface area (Å²) in [6.07, 6.45) is 0. The molecule has 1 aliphatic carbocycles. The maximum absolute atomic E-state index is 6.57. The van der Waals surface area contributed by atoms with E-state index >= 15 is 0 Å². The first-order valence-electron chi connectivity index (χ1n) is 21.0. The topological polar surface area (TPSA) is 31.2 Å². The highest BCUT2D eigenvalue weighted by atomic mass is 32.1. The quantitative estimate of drug-likeness (QED) is 0.178. The summed E-state index contributed by atoms with van der Waals surface area (Å²) in [5.41, 5.74) is 16.8. The summed E-state index contributed by atoms with van der Waals surface area (Å²) in [6, 6.07) is 64.2. The number of hydrogen-bond donors (Lipinski definition) is 0. The molecule has 0 saturated heterocycles. The van der Waals surface area contributed by atoms with Crippen LogP contribution in [0.3, 0.4) is 0 Å². The van der Waals surface area contributed by atoms with Gasteiger partial charge in [-0.2, -0.15) is 0 Å². The predicted molar refractivity (Wildman–Crippen MR) is 257 cm³/mol. The maximum Gasteiger partial charge on any atom is 0.143 e. The Labute approximate surface area is 354 Å². The van der Waals surface area contributed by atoms with Crippen LogP contribution in [-0.2, 0) is 5.41 Å². The highest BCUT2D eigenvalue weighted by Gasteiger charge is 2.38. The number of fused-ring (bicyclic) bond motifs is 16. The summed E-state index contributed by atoms with van der Waals surface area (Å²) >= 11 is 1.90. The van der Waals surface area contributed by atoms with E-state index in [-0.39, 0.29) is 5.41 Å². The summed E-state index contributed by atoms with van der Waals surface area (Å²) in [4.78, 5) is 0. The van der Waals surface area contributed by atoms with Crippen LogP contribution in [0.1, 0.15) is 25.0 Å². The molecule has 4 heterocycles. The van der Waals surface area contributed by atoms with Gasteiger partial charge in [-0.3, -0.25) is 0 Å². The number of aromatic nitrogens is 1. The zero-order valence-corrected chi connectivity index (χ0v) is 34.2. The second-order valence-corrected chi connectivity index (χ2v) is 18.3. The molecular weight excluding hydrogens is 763 g/mol. The van der Waals surface area contributed by atoms with E-state index in [1.165, 1.54) is 53.2 Å². The van der Waals surface area contributed by atoms with E-state index in [1.54, 1.807) is 0 Å². The number of hydrogen-bond acceptors (Lipinski definition) is 3. The van der Waals surface area contributed by atoms with Crippen molar-refractivity contribution >= 4 is 97.2 Å². The molecule has 0 fully saturated rings. The molecule has 13 aromatic rings. The molecule has 4 aromatic heterocycles. The van der Waals surface area contributed by atoms with Gasteiger partial charge in [-0.1, -0.05) is 129 Å². The van der Waals surface area contributed by atoms with Crippen LogP contribution in [-0.4, -0.2) is 4.57 Å². The highest BCUT2D eigenvalue weighted by Crippen LogP contribution is 2.54. The summed E-state index contributed by atoms with van der Waals surface area (Å²) < 4.78 is 18.3. The fraction of sp³-hybridized carbons (Fsp3) is 0.0526. The fourth-order valence-corrected chi connectivity index (χ4v) is 11.9. The molecule has 0 amide bonds. The largest absolute Gasteiger partial charge is 0.455 e. The van der Waals surface area contributed by atoms with Crippen molar-refractivity contribution in [2.45, 2.75) is 19.3 Å². The second kappa shape index (κ2) is 11.9. The normalized spacial score (nSPS) is 13.5. The molecule has 0 radical (unpaired) electrons. The molecule has 0 aliphatic heterocycles. The van der Waals surface area contributed by atoms with Gasteiger partial charge in [-0.05, 0) is 94.0 Å². The minimum atomic E-state index is -0.195. The molecule has 61 heavy (non-hydrogen) atoms. The molecule has 0 atom stereocenters. The van der Waals surface area contributed by atoms with Crippen molar-refractivity contribution in [1.29, 1.82) is 0 Å². The van der Waals surface area contributed by atoms with Gasteiger partial charge in [0.2, 0.25) is 0 Å². The zero-order chi connectivity index (χ0) is 40.1. The van der Waals surface area contributed by atoms with E-state index in [4.69, 9.17) is 8.83 Å². The lowest BCUT2D eigenvalue weighted by molar-refractivity contribution is 0.666. The van der Waals surface area contributed by atoms with Crippen molar-refractivity contribution in [3.63, 3.8) is 0 Å². The van der Waals surface area contributed by atoms with E-state index in [1.807, 2.05) is 23.5 Å². The Kier molecular flexibility index (Phi) is 6.51. The van der Waals surface area contributed by atoms with Crippen molar-refractivity contribution in [1.82, 2.24) is 4.57 Å². The van der Waals surface area contributed by atoms with E-state index in [2.05, 4.69) is 182 Å². The number of benzene rings is 9. The number of para-hydroxylation sites is 4. The summed E-state index contributed by atoms with van der Waals surface area (Å²) in [7, 11) is 0. The van der Waals surface area contributed by atoms with Crippen LogP contribution >= 0.6 is 11.3 Å². The SMILES string of the molecule is CC1(C)c2cc(-n3c4ccc(-c5cccc6c5oc5ccccc56)cc4c4cc(-c5cccc6c5oc5ccccc56)ccc43)ccc2-c2ccc3sc4ccccc4c3c21. The Hall–Kier alpha value is -7.40. The van der Waals surface area contributed by atoms with Gasteiger partial charge in [0.25, 0.3) is 0 Å². The van der Waals surface area contributed by atoms with Gasteiger partial charge in [0.05, 0.1) is 11.0 Å². The van der Waals surface area contributed by atoms with Crippen LogP contribution in [0, 0.1) is 0 Å². The standard InChI is InChI=1S/C57H35NO2S/c1-57(2)46-31-34(23-24-37(46)40-25-28-52-53(54(40)57)43-13-5-8-20-51(43)61-52)58-47-26-21-32(35-14-9-16-41-38-11-3-6-18-49(38)59-55(35)41)29-44(47)45-30-33(22-27-48(45)58)36-15-10-17-42-39-12-4-7-19-50(39)60-56(36)42/h3-31H,1-2H3. The summed E-state index contributed by atoms with van der Waals surface area (Å²) in [5, 5.41) is 9.66. The lowest BCUT2D eigenvalue weighted by atomic mass is 9.80. The fourth-order valence-electron chi connectivity index (χ4n) is 10.8. The van der Waals surface area contributed by atoms with Gasteiger partial charge in [0.15, 0.2) is 0 Å². The lowest BCUT2D eigenvalue weighted by Crippen LogP contribution is -2.15. The molecule has 0 saturated carbocycles. The third-order valence-electron chi connectivity index (χ3n) is 13.6. The Morgan fingerprint density at radius 1 is 0.426 bits per heavy atom. The molecule has 286 valence electrons. The van der Waals surface area contributed by atoms with Crippen molar-refractivity contribution in [2.24, 2.45) is 0 Å². The molecule has 4 heteroatoms. The van der Waals surface area contributed by atoms with Crippen LogP contribution in [0.4, 0.5) is 0 Å². The van der Waals surface area contributed by atoms with Crippen LogP contribution in [0.25, 0.3) is 125 Å². The Balaban J connectivity index is 1.01. The average Bonchev–Trinajstić information content (AvgIpc) is 4.10. The van der Waals surface area contributed by atoms with Crippen molar-refractivity contribution < 1.29 is 8.83 Å². The van der Waals surface area contributed by atoms with Gasteiger partial charge in [-0.25, -0.2) is 0 Å². The molecular formula is C57H35NO2S. The van der Waals surface area contributed by atoms with Crippen molar-refractivity contribution in [3.05, 3.63) is 187 Å². The van der Waals surface area contributed by atoms with Crippen LogP contribution in [0.5, 0.6) is 0 Å². The summed E-state index contributed by atoms with van der Waals surface area (Å²) in [6.45, 7) is 4.82. The van der Waals surface area contributed by atoms with Crippen molar-refractivity contribution in [2.75, 3.05) is 0 Å². The van der Waals surface area contributed by atoms with Gasteiger partial charge < -0.3 is 13.4 Å². The highest BCUT2D eigenvalue weighted by molar-refractivity contribution is 7.25. The average molecular weight is 798 g/mol. The zero-order valence-electron chi connectivity index (χ0n) is 33.4. The molecule has 0 N–H and O–H groups in total. The third-order valence-corrected chi connectivity index (χ3v) is 14.7. The van der Waals surface area contributed by atoms with E-state index < -0.39 is 0 Å². The van der Waals surface area contributed by atoms with Crippen LogP contribution in [0.2, 0.25) is 0 Å². The van der Waals surface area contributed by atoms with E-state index in [9.17, 15) is 0 Å². The first kappa shape index (κ1) is 33.4. The first-order valence-corrected chi connectivity index (χ1v) is 21.8. The Morgan fingerprint density at radius 3 is 1.62 bits per heavy atom. The van der Waals surface area contributed by atoms with Gasteiger partial charge in [0, 0.05) is 74.7 Å². The Bertz CT molecular complexity index is 3870. The molecule has 0 unspecified atom stereocenters. The van der Waals surface area contributed by atoms with E-state index in [0.717, 1.165) is 82.9 Å². The smallest absolute Gasteiger partial charge is 0.143 e. The molecule has 1 aliphatic rings. The number of rotatable bonds is 3. The van der Waals surface area contributed by atoms with E-state index in [0.29, 0.717) is 0 Å². The number of nitrogens with zero attached hydrogens (tertiary/aromatic N) is 1. The minimum Gasteiger partial charge on any atom is -0.455 e. The molecule has 14 rings (SSSR count). The van der Waals surface area contributed by atoms with Crippen LogP contribution < -0.4 is 0 Å². The molecule has 0 spiro atoms. The van der Waals surface area contributed by atoms with Crippen LogP contribution in [0.15, 0.2) is 185 Å².